The molecule has 1 aromatic rings. The summed E-state index contributed by atoms with van der Waals surface area (Å²) in [5, 5.41) is 0. The summed E-state index contributed by atoms with van der Waals surface area (Å²) in [6.07, 6.45) is 2.11. The van der Waals surface area contributed by atoms with Gasteiger partial charge in [-0.05, 0) is 32.3 Å². The Kier molecular flexibility index (Phi) is 2.81. The van der Waals surface area contributed by atoms with Crippen molar-refractivity contribution in [2.45, 2.75) is 26.7 Å². The highest BCUT2D eigenvalue weighted by molar-refractivity contribution is 5.96. The van der Waals surface area contributed by atoms with Gasteiger partial charge in [-0.15, -0.1) is 0 Å². The van der Waals surface area contributed by atoms with E-state index in [-0.39, 0.29) is 5.91 Å². The van der Waals surface area contributed by atoms with Crippen LogP contribution >= 0.6 is 0 Å². The van der Waals surface area contributed by atoms with E-state index < -0.39 is 5.63 Å². The second-order valence-electron chi connectivity index (χ2n) is 4.18. The molecule has 1 aliphatic heterocycles. The maximum Gasteiger partial charge on any atom is 0.336 e. The molecule has 0 atom stereocenters. The maximum atomic E-state index is 12.2. The molecule has 2 heterocycles. The normalized spacial score (nSPS) is 15.5. The van der Waals surface area contributed by atoms with Gasteiger partial charge in [0.25, 0.3) is 5.91 Å². The van der Waals surface area contributed by atoms with Crippen LogP contribution in [0.1, 0.15) is 34.5 Å². The molecule has 1 aromatic heterocycles. The second-order valence-corrected chi connectivity index (χ2v) is 4.18. The summed E-state index contributed by atoms with van der Waals surface area (Å²) in [7, 11) is 0. The first-order valence-corrected chi connectivity index (χ1v) is 5.50. The molecule has 0 unspecified atom stereocenters. The van der Waals surface area contributed by atoms with Crippen molar-refractivity contribution >= 4 is 5.91 Å². The Morgan fingerprint density at radius 1 is 1.31 bits per heavy atom. The average molecular weight is 221 g/mol. The van der Waals surface area contributed by atoms with E-state index in [2.05, 4.69) is 0 Å². The summed E-state index contributed by atoms with van der Waals surface area (Å²) < 4.78 is 4.97. The van der Waals surface area contributed by atoms with Crippen LogP contribution in [-0.4, -0.2) is 23.9 Å². The number of nitrogens with zero attached hydrogens (tertiary/aromatic N) is 1. The Hall–Kier alpha value is -1.58. The average Bonchev–Trinajstić information content (AvgIpc) is 2.67. The van der Waals surface area contributed by atoms with Crippen LogP contribution in [0, 0.1) is 13.8 Å². The molecule has 4 nitrogen and oxygen atoms in total. The van der Waals surface area contributed by atoms with E-state index in [1.807, 2.05) is 4.90 Å². The molecule has 0 aromatic carbocycles. The Morgan fingerprint density at radius 2 is 1.94 bits per heavy atom. The van der Waals surface area contributed by atoms with Gasteiger partial charge in [0.1, 0.15) is 5.76 Å². The number of amides is 1. The number of rotatable bonds is 1. The quantitative estimate of drug-likeness (QED) is 0.722. The molecule has 1 saturated heterocycles. The molecule has 1 aliphatic rings. The van der Waals surface area contributed by atoms with Crippen LogP contribution in [-0.2, 0) is 0 Å². The molecule has 86 valence electrons. The van der Waals surface area contributed by atoms with Gasteiger partial charge in [-0.25, -0.2) is 4.79 Å². The Bertz CT molecular complexity index is 443. The van der Waals surface area contributed by atoms with Crippen LogP contribution in [0.2, 0.25) is 0 Å². The van der Waals surface area contributed by atoms with Crippen molar-refractivity contribution in [3.8, 4) is 0 Å². The first-order valence-electron chi connectivity index (χ1n) is 5.50. The van der Waals surface area contributed by atoms with Crippen molar-refractivity contribution in [3.05, 3.63) is 33.4 Å². The molecule has 16 heavy (non-hydrogen) atoms. The second kappa shape index (κ2) is 4.12. The molecule has 0 bridgehead atoms. The van der Waals surface area contributed by atoms with Crippen LogP contribution in [0.4, 0.5) is 0 Å². The molecule has 1 amide bonds. The molecule has 2 rings (SSSR count). The van der Waals surface area contributed by atoms with Gasteiger partial charge in [0, 0.05) is 19.2 Å². The van der Waals surface area contributed by atoms with Gasteiger partial charge >= 0.3 is 5.63 Å². The fourth-order valence-electron chi connectivity index (χ4n) is 2.16. The summed E-state index contributed by atoms with van der Waals surface area (Å²) in [4.78, 5) is 25.1. The van der Waals surface area contributed by atoms with Crippen molar-refractivity contribution < 1.29 is 9.21 Å². The van der Waals surface area contributed by atoms with Crippen LogP contribution in [0.3, 0.4) is 0 Å². The standard InChI is InChI=1S/C12H15NO3/c1-8-7-10(14)16-9(2)11(8)12(15)13-5-3-4-6-13/h7H,3-6H2,1-2H3. The summed E-state index contributed by atoms with van der Waals surface area (Å²) in [5.41, 5.74) is 0.847. The van der Waals surface area contributed by atoms with Gasteiger partial charge in [0.05, 0.1) is 5.56 Å². The van der Waals surface area contributed by atoms with Crippen LogP contribution in [0.25, 0.3) is 0 Å². The fraction of sp³-hybridized carbons (Fsp3) is 0.500. The molecule has 0 aliphatic carbocycles. The molecule has 0 saturated carbocycles. The predicted molar refractivity (Wildman–Crippen MR) is 59.6 cm³/mol. The molecular formula is C12H15NO3. The minimum absolute atomic E-state index is 0.0174. The van der Waals surface area contributed by atoms with Crippen molar-refractivity contribution in [1.82, 2.24) is 4.90 Å². The van der Waals surface area contributed by atoms with Gasteiger partial charge < -0.3 is 9.32 Å². The van der Waals surface area contributed by atoms with E-state index in [4.69, 9.17) is 4.42 Å². The van der Waals surface area contributed by atoms with Crippen molar-refractivity contribution in [2.75, 3.05) is 13.1 Å². The number of hydrogen-bond donors (Lipinski definition) is 0. The lowest BCUT2D eigenvalue weighted by Gasteiger charge is -2.17. The lowest BCUT2D eigenvalue weighted by Crippen LogP contribution is -2.29. The number of hydrogen-bond acceptors (Lipinski definition) is 3. The molecule has 4 heteroatoms. The zero-order chi connectivity index (χ0) is 11.7. The summed E-state index contributed by atoms with van der Waals surface area (Å²) in [6.45, 7) is 5.04. The van der Waals surface area contributed by atoms with Gasteiger partial charge in [0.15, 0.2) is 0 Å². The number of carbonyl (C=O) groups is 1. The third-order valence-corrected chi connectivity index (χ3v) is 2.94. The zero-order valence-corrected chi connectivity index (χ0v) is 9.58. The first kappa shape index (κ1) is 10.9. The smallest absolute Gasteiger partial charge is 0.336 e. The number of likely N-dealkylation sites (tertiary alicyclic amines) is 1. The van der Waals surface area contributed by atoms with Gasteiger partial charge in [-0.1, -0.05) is 0 Å². The minimum Gasteiger partial charge on any atom is -0.427 e. The van der Waals surface area contributed by atoms with E-state index in [0.717, 1.165) is 25.9 Å². The fourth-order valence-corrected chi connectivity index (χ4v) is 2.16. The van der Waals surface area contributed by atoms with Gasteiger partial charge in [0.2, 0.25) is 0 Å². The first-order chi connectivity index (χ1) is 7.59. The lowest BCUT2D eigenvalue weighted by molar-refractivity contribution is 0.0788. The SMILES string of the molecule is Cc1cc(=O)oc(C)c1C(=O)N1CCCC1. The minimum atomic E-state index is -0.395. The highest BCUT2D eigenvalue weighted by Gasteiger charge is 2.23. The molecule has 0 radical (unpaired) electrons. The largest absolute Gasteiger partial charge is 0.427 e. The summed E-state index contributed by atoms with van der Waals surface area (Å²) >= 11 is 0. The van der Waals surface area contributed by atoms with Crippen LogP contribution in [0.5, 0.6) is 0 Å². The Balaban J connectivity index is 2.39. The van der Waals surface area contributed by atoms with E-state index in [0.29, 0.717) is 16.9 Å². The highest BCUT2D eigenvalue weighted by Crippen LogP contribution is 2.17. The highest BCUT2D eigenvalue weighted by atomic mass is 16.4. The third kappa shape index (κ3) is 1.87. The Labute approximate surface area is 93.9 Å². The predicted octanol–water partition coefficient (Wildman–Crippen LogP) is 1.49. The Morgan fingerprint density at radius 3 is 2.50 bits per heavy atom. The van der Waals surface area contributed by atoms with Crippen LogP contribution < -0.4 is 5.63 Å². The molecule has 0 N–H and O–H groups in total. The van der Waals surface area contributed by atoms with Gasteiger partial charge in [-0.3, -0.25) is 4.79 Å². The monoisotopic (exact) mass is 221 g/mol. The summed E-state index contributed by atoms with van der Waals surface area (Å²) in [6, 6.07) is 1.37. The number of carbonyl (C=O) groups excluding carboxylic acids is 1. The van der Waals surface area contributed by atoms with Crippen LogP contribution in [0.15, 0.2) is 15.3 Å². The molecule has 1 fully saturated rings. The van der Waals surface area contributed by atoms with Crippen molar-refractivity contribution in [1.29, 1.82) is 0 Å². The maximum absolute atomic E-state index is 12.2. The van der Waals surface area contributed by atoms with E-state index in [1.54, 1.807) is 13.8 Å². The van der Waals surface area contributed by atoms with E-state index >= 15 is 0 Å². The molecular weight excluding hydrogens is 206 g/mol. The zero-order valence-electron chi connectivity index (χ0n) is 9.58. The topological polar surface area (TPSA) is 50.5 Å². The molecule has 0 spiro atoms. The van der Waals surface area contributed by atoms with Gasteiger partial charge in [-0.2, -0.15) is 0 Å². The van der Waals surface area contributed by atoms with E-state index in [9.17, 15) is 9.59 Å². The lowest BCUT2D eigenvalue weighted by atomic mass is 10.1. The van der Waals surface area contributed by atoms with Crippen molar-refractivity contribution in [2.24, 2.45) is 0 Å². The van der Waals surface area contributed by atoms with Crippen molar-refractivity contribution in [3.63, 3.8) is 0 Å². The third-order valence-electron chi connectivity index (χ3n) is 2.94. The summed E-state index contributed by atoms with van der Waals surface area (Å²) in [5.74, 6) is 0.401. The number of aryl methyl sites for hydroxylation is 2. The van der Waals surface area contributed by atoms with E-state index in [1.165, 1.54) is 6.07 Å².